The lowest BCUT2D eigenvalue weighted by Crippen LogP contribution is -2.50. The third kappa shape index (κ3) is 3.84. The van der Waals surface area contributed by atoms with Gasteiger partial charge in [-0.3, -0.25) is 0 Å². The number of aryl methyl sites for hydroxylation is 2. The third-order valence-electron chi connectivity index (χ3n) is 4.38. The van der Waals surface area contributed by atoms with Crippen LogP contribution < -0.4 is 10.0 Å². The quantitative estimate of drug-likeness (QED) is 0.875. The lowest BCUT2D eigenvalue weighted by molar-refractivity contribution is 0.327. The van der Waals surface area contributed by atoms with E-state index in [0.717, 1.165) is 31.4 Å². The first-order valence-corrected chi connectivity index (χ1v) is 9.31. The molecule has 1 saturated heterocycles. The largest absolute Gasteiger partial charge is 0.315 e. The van der Waals surface area contributed by atoms with Crippen molar-refractivity contribution in [1.82, 2.24) is 10.0 Å². The van der Waals surface area contributed by atoms with E-state index in [1.54, 1.807) is 6.07 Å². The van der Waals surface area contributed by atoms with Gasteiger partial charge in [0, 0.05) is 12.6 Å². The topological polar surface area (TPSA) is 58.2 Å². The molecule has 2 atom stereocenters. The van der Waals surface area contributed by atoms with Crippen molar-refractivity contribution in [3.63, 3.8) is 0 Å². The minimum atomic E-state index is -3.44. The zero-order valence-corrected chi connectivity index (χ0v) is 14.0. The van der Waals surface area contributed by atoms with Crippen molar-refractivity contribution < 1.29 is 8.42 Å². The molecule has 1 heterocycles. The monoisotopic (exact) mass is 310 g/mol. The molecule has 0 aromatic heterocycles. The van der Waals surface area contributed by atoms with E-state index in [9.17, 15) is 8.42 Å². The van der Waals surface area contributed by atoms with Gasteiger partial charge in [0.1, 0.15) is 0 Å². The maximum Gasteiger partial charge on any atom is 0.240 e. The van der Waals surface area contributed by atoms with Crippen LogP contribution in [0.4, 0.5) is 0 Å². The summed E-state index contributed by atoms with van der Waals surface area (Å²) >= 11 is 0. The molecule has 21 heavy (non-hydrogen) atoms. The van der Waals surface area contributed by atoms with Gasteiger partial charge in [0.05, 0.1) is 4.90 Å². The predicted molar refractivity (Wildman–Crippen MR) is 86.0 cm³/mol. The van der Waals surface area contributed by atoms with Gasteiger partial charge in [-0.2, -0.15) is 0 Å². The fourth-order valence-corrected chi connectivity index (χ4v) is 4.25. The van der Waals surface area contributed by atoms with Crippen molar-refractivity contribution in [2.75, 3.05) is 13.1 Å². The van der Waals surface area contributed by atoms with Crippen LogP contribution in [0.25, 0.3) is 0 Å². The average Bonchev–Trinajstić information content (AvgIpc) is 2.48. The van der Waals surface area contributed by atoms with Crippen LogP contribution in [0.2, 0.25) is 0 Å². The maximum atomic E-state index is 12.6. The van der Waals surface area contributed by atoms with Crippen molar-refractivity contribution >= 4 is 10.0 Å². The van der Waals surface area contributed by atoms with E-state index in [-0.39, 0.29) is 6.04 Å². The molecule has 0 aliphatic carbocycles. The second-order valence-electron chi connectivity index (χ2n) is 5.84. The number of benzene rings is 1. The van der Waals surface area contributed by atoms with Gasteiger partial charge in [-0.05, 0) is 55.0 Å². The summed E-state index contributed by atoms with van der Waals surface area (Å²) in [6.07, 6.45) is 2.79. The summed E-state index contributed by atoms with van der Waals surface area (Å²) in [5.41, 5.74) is 2.35. The third-order valence-corrected chi connectivity index (χ3v) is 5.87. The Balaban J connectivity index is 2.22. The zero-order chi connectivity index (χ0) is 15.5. The number of nitrogens with one attached hydrogen (secondary N) is 2. The van der Waals surface area contributed by atoms with E-state index < -0.39 is 10.0 Å². The van der Waals surface area contributed by atoms with Crippen LogP contribution in [0.15, 0.2) is 23.1 Å². The molecular formula is C16H26N2O2S. The smallest absolute Gasteiger partial charge is 0.240 e. The van der Waals surface area contributed by atoms with E-state index in [1.165, 1.54) is 5.56 Å². The van der Waals surface area contributed by atoms with Crippen molar-refractivity contribution in [2.24, 2.45) is 5.92 Å². The molecule has 0 spiro atoms. The van der Waals surface area contributed by atoms with Crippen LogP contribution in [0.5, 0.6) is 0 Å². The van der Waals surface area contributed by atoms with Gasteiger partial charge in [0.2, 0.25) is 10.0 Å². The van der Waals surface area contributed by atoms with Crippen molar-refractivity contribution in [2.45, 2.75) is 51.0 Å². The molecule has 2 N–H and O–H groups in total. The molecule has 4 nitrogen and oxygen atoms in total. The fraction of sp³-hybridized carbons (Fsp3) is 0.625. The lowest BCUT2D eigenvalue weighted by Gasteiger charge is -2.30. The molecule has 1 aliphatic rings. The van der Waals surface area contributed by atoms with E-state index in [0.29, 0.717) is 17.4 Å². The highest BCUT2D eigenvalue weighted by Crippen LogP contribution is 2.19. The van der Waals surface area contributed by atoms with Crippen LogP contribution in [0, 0.1) is 5.92 Å². The normalized spacial score (nSPS) is 23.2. The van der Waals surface area contributed by atoms with Crippen molar-refractivity contribution in [3.8, 4) is 0 Å². The van der Waals surface area contributed by atoms with Gasteiger partial charge in [-0.15, -0.1) is 0 Å². The SMILES string of the molecule is CCc1ccc(S(=O)(=O)NC2CNCCC2C)cc1CC. The minimum Gasteiger partial charge on any atom is -0.315 e. The molecule has 0 radical (unpaired) electrons. The molecule has 118 valence electrons. The summed E-state index contributed by atoms with van der Waals surface area (Å²) < 4.78 is 28.0. The standard InChI is InChI=1S/C16H26N2O2S/c1-4-13-6-7-15(10-14(13)5-2)21(19,20)18-16-11-17-9-8-12(16)3/h6-7,10,12,16-18H,4-5,8-9,11H2,1-3H3. The molecule has 1 aromatic carbocycles. The molecule has 0 saturated carbocycles. The first kappa shape index (κ1) is 16.5. The molecule has 2 unspecified atom stereocenters. The van der Waals surface area contributed by atoms with Crippen LogP contribution in [0.1, 0.15) is 38.3 Å². The average molecular weight is 310 g/mol. The maximum absolute atomic E-state index is 12.6. The zero-order valence-electron chi connectivity index (χ0n) is 13.1. The Morgan fingerprint density at radius 3 is 2.57 bits per heavy atom. The highest BCUT2D eigenvalue weighted by atomic mass is 32.2. The summed E-state index contributed by atoms with van der Waals surface area (Å²) in [7, 11) is -3.44. The van der Waals surface area contributed by atoms with E-state index >= 15 is 0 Å². The van der Waals surface area contributed by atoms with Crippen LogP contribution in [0.3, 0.4) is 0 Å². The fourth-order valence-electron chi connectivity index (χ4n) is 2.86. The lowest BCUT2D eigenvalue weighted by atomic mass is 9.96. The molecule has 0 amide bonds. The van der Waals surface area contributed by atoms with E-state index in [4.69, 9.17) is 0 Å². The van der Waals surface area contributed by atoms with E-state index in [2.05, 4.69) is 30.8 Å². The summed E-state index contributed by atoms with van der Waals surface area (Å²) in [5, 5.41) is 3.25. The first-order valence-electron chi connectivity index (χ1n) is 7.82. The number of rotatable bonds is 5. The number of sulfonamides is 1. The first-order chi connectivity index (χ1) is 9.97. The molecule has 1 fully saturated rings. The molecule has 0 bridgehead atoms. The highest BCUT2D eigenvalue weighted by molar-refractivity contribution is 7.89. The number of piperidine rings is 1. The van der Waals surface area contributed by atoms with Crippen molar-refractivity contribution in [3.05, 3.63) is 29.3 Å². The van der Waals surface area contributed by atoms with Gasteiger partial charge in [0.15, 0.2) is 0 Å². The Kier molecular flexibility index (Phi) is 5.41. The van der Waals surface area contributed by atoms with Crippen LogP contribution in [-0.2, 0) is 22.9 Å². The molecular weight excluding hydrogens is 284 g/mol. The summed E-state index contributed by atoms with van der Waals surface area (Å²) in [5.74, 6) is 0.363. The number of hydrogen-bond acceptors (Lipinski definition) is 3. The Morgan fingerprint density at radius 2 is 1.95 bits per heavy atom. The van der Waals surface area contributed by atoms with Gasteiger partial charge < -0.3 is 5.32 Å². The molecule has 1 aromatic rings. The highest BCUT2D eigenvalue weighted by Gasteiger charge is 2.26. The van der Waals surface area contributed by atoms with Gasteiger partial charge in [-0.1, -0.05) is 26.8 Å². The van der Waals surface area contributed by atoms with Gasteiger partial charge in [-0.25, -0.2) is 13.1 Å². The van der Waals surface area contributed by atoms with Gasteiger partial charge >= 0.3 is 0 Å². The molecule has 1 aliphatic heterocycles. The Bertz CT molecular complexity index is 584. The van der Waals surface area contributed by atoms with Crippen LogP contribution >= 0.6 is 0 Å². The molecule has 5 heteroatoms. The van der Waals surface area contributed by atoms with Gasteiger partial charge in [0.25, 0.3) is 0 Å². The summed E-state index contributed by atoms with van der Waals surface area (Å²) in [4.78, 5) is 0.384. The second-order valence-corrected chi connectivity index (χ2v) is 7.55. The predicted octanol–water partition coefficient (Wildman–Crippen LogP) is 2.09. The second kappa shape index (κ2) is 6.90. The summed E-state index contributed by atoms with van der Waals surface area (Å²) in [6.45, 7) is 7.92. The number of hydrogen-bond donors (Lipinski definition) is 2. The van der Waals surface area contributed by atoms with Crippen LogP contribution in [-0.4, -0.2) is 27.5 Å². The Hall–Kier alpha value is -0.910. The Labute approximate surface area is 128 Å². The van der Waals surface area contributed by atoms with Crippen molar-refractivity contribution in [1.29, 1.82) is 0 Å². The van der Waals surface area contributed by atoms with E-state index in [1.807, 2.05) is 12.1 Å². The Morgan fingerprint density at radius 1 is 1.24 bits per heavy atom. The molecule has 2 rings (SSSR count). The summed E-state index contributed by atoms with van der Waals surface area (Å²) in [6, 6.07) is 5.46. The minimum absolute atomic E-state index is 0.0281.